The molecule has 1 aromatic heterocycles. The highest BCUT2D eigenvalue weighted by Crippen LogP contribution is 2.27. The number of aromatic carboxylic acids is 1. The minimum absolute atomic E-state index is 0.0223. The van der Waals surface area contributed by atoms with Gasteiger partial charge in [0, 0.05) is 11.1 Å². The summed E-state index contributed by atoms with van der Waals surface area (Å²) in [5, 5.41) is 14.4. The van der Waals surface area contributed by atoms with Crippen molar-refractivity contribution in [2.45, 2.75) is 14.8 Å². The van der Waals surface area contributed by atoms with E-state index in [0.29, 0.717) is 5.03 Å². The van der Waals surface area contributed by atoms with Gasteiger partial charge in [0.1, 0.15) is 5.03 Å². The fourth-order valence-electron chi connectivity index (χ4n) is 1.42. The van der Waals surface area contributed by atoms with Gasteiger partial charge in [0.15, 0.2) is 0 Å². The number of benzene rings is 1. The average molecular weight is 310 g/mol. The highest BCUT2D eigenvalue weighted by molar-refractivity contribution is 7.99. The Bertz CT molecular complexity index is 742. The Kier molecular flexibility index (Phi) is 4.07. The van der Waals surface area contributed by atoms with Gasteiger partial charge < -0.3 is 5.11 Å². The van der Waals surface area contributed by atoms with E-state index in [2.05, 4.69) is 4.98 Å². The highest BCUT2D eigenvalue weighted by atomic mass is 32.2. The summed E-state index contributed by atoms with van der Waals surface area (Å²) in [7, 11) is -3.71. The second-order valence-corrected chi connectivity index (χ2v) is 6.46. The van der Waals surface area contributed by atoms with Crippen LogP contribution in [-0.4, -0.2) is 24.5 Å². The minimum atomic E-state index is -3.71. The smallest absolute Gasteiger partial charge is 0.335 e. The molecule has 0 bridgehead atoms. The number of nitrogens with zero attached hydrogens (tertiary/aromatic N) is 1. The maximum atomic E-state index is 11.1. The lowest BCUT2D eigenvalue weighted by molar-refractivity contribution is 0.0696. The first-order valence-corrected chi connectivity index (χ1v) is 7.72. The van der Waals surface area contributed by atoms with Gasteiger partial charge in [0.25, 0.3) is 0 Å². The van der Waals surface area contributed by atoms with Crippen molar-refractivity contribution in [2.75, 3.05) is 0 Å². The molecule has 0 unspecified atom stereocenters. The molecule has 2 rings (SSSR count). The largest absolute Gasteiger partial charge is 0.478 e. The van der Waals surface area contributed by atoms with E-state index in [1.807, 2.05) is 0 Å². The van der Waals surface area contributed by atoms with E-state index in [0.717, 1.165) is 4.90 Å². The molecule has 0 saturated carbocycles. The first kappa shape index (κ1) is 14.5. The maximum absolute atomic E-state index is 11.1. The molecule has 8 heteroatoms. The molecule has 0 aliphatic rings. The zero-order valence-electron chi connectivity index (χ0n) is 10.1. The molecule has 1 aromatic carbocycles. The number of aromatic nitrogens is 1. The number of carboxylic acids is 1. The summed E-state index contributed by atoms with van der Waals surface area (Å²) in [6.07, 6.45) is 1.41. The molecule has 1 heterocycles. The first-order valence-electron chi connectivity index (χ1n) is 5.36. The van der Waals surface area contributed by atoms with E-state index in [1.54, 1.807) is 12.1 Å². The van der Waals surface area contributed by atoms with Crippen LogP contribution >= 0.6 is 11.8 Å². The summed E-state index contributed by atoms with van der Waals surface area (Å²) < 4.78 is 22.2. The number of primary sulfonamides is 1. The Labute approximate surface area is 119 Å². The van der Waals surface area contributed by atoms with Crippen molar-refractivity contribution in [3.05, 3.63) is 48.2 Å². The van der Waals surface area contributed by atoms with Crippen LogP contribution in [-0.2, 0) is 10.0 Å². The van der Waals surface area contributed by atoms with Crippen molar-refractivity contribution in [1.82, 2.24) is 4.98 Å². The molecular weight excluding hydrogens is 300 g/mol. The second kappa shape index (κ2) is 5.61. The van der Waals surface area contributed by atoms with Crippen LogP contribution in [0.5, 0.6) is 0 Å². The molecule has 0 aliphatic heterocycles. The number of pyridine rings is 1. The number of hydrogen-bond acceptors (Lipinski definition) is 5. The standard InChI is InChI=1S/C12H10N2O4S2/c13-20(17,18)10-3-1-9(2-4-10)19-11-7-8(12(15)16)5-6-14-11/h1-7H,(H,15,16)(H2,13,17,18). The van der Waals surface area contributed by atoms with Gasteiger partial charge in [-0.2, -0.15) is 0 Å². The average Bonchev–Trinajstić information content (AvgIpc) is 2.38. The summed E-state index contributed by atoms with van der Waals surface area (Å²) in [4.78, 5) is 15.6. The van der Waals surface area contributed by atoms with Crippen molar-refractivity contribution in [3.8, 4) is 0 Å². The Morgan fingerprint density at radius 2 is 1.85 bits per heavy atom. The van der Waals surface area contributed by atoms with Crippen molar-refractivity contribution in [1.29, 1.82) is 0 Å². The summed E-state index contributed by atoms with van der Waals surface area (Å²) in [5.41, 5.74) is 0.142. The Morgan fingerprint density at radius 1 is 1.20 bits per heavy atom. The van der Waals surface area contributed by atoms with E-state index >= 15 is 0 Å². The van der Waals surface area contributed by atoms with Crippen molar-refractivity contribution in [3.63, 3.8) is 0 Å². The van der Waals surface area contributed by atoms with Crippen LogP contribution in [0.2, 0.25) is 0 Å². The minimum Gasteiger partial charge on any atom is -0.478 e. The molecule has 2 aromatic rings. The lowest BCUT2D eigenvalue weighted by atomic mass is 10.3. The van der Waals surface area contributed by atoms with Crippen LogP contribution in [0.4, 0.5) is 0 Å². The molecule has 0 amide bonds. The lowest BCUT2D eigenvalue weighted by Crippen LogP contribution is -2.11. The molecule has 0 spiro atoms. The van der Waals surface area contributed by atoms with Crippen LogP contribution in [0.3, 0.4) is 0 Å². The molecular formula is C12H10N2O4S2. The van der Waals surface area contributed by atoms with E-state index in [4.69, 9.17) is 10.2 Å². The summed E-state index contributed by atoms with van der Waals surface area (Å²) in [6.45, 7) is 0. The van der Waals surface area contributed by atoms with Gasteiger partial charge in [-0.15, -0.1) is 0 Å². The van der Waals surface area contributed by atoms with Gasteiger partial charge in [-0.3, -0.25) is 0 Å². The fraction of sp³-hybridized carbons (Fsp3) is 0. The first-order chi connectivity index (χ1) is 9.36. The van der Waals surface area contributed by atoms with Crippen molar-refractivity contribution >= 4 is 27.8 Å². The number of carboxylic acid groups (broad SMARTS) is 1. The number of rotatable bonds is 4. The summed E-state index contributed by atoms with van der Waals surface area (Å²) in [6, 6.07) is 8.79. The van der Waals surface area contributed by atoms with Crippen LogP contribution in [0.15, 0.2) is 57.4 Å². The Balaban J connectivity index is 2.22. The zero-order valence-corrected chi connectivity index (χ0v) is 11.7. The number of carbonyl (C=O) groups is 1. The predicted octanol–water partition coefficient (Wildman–Crippen LogP) is 1.58. The SMILES string of the molecule is NS(=O)(=O)c1ccc(Sc2cc(C(=O)O)ccn2)cc1. The summed E-state index contributed by atoms with van der Waals surface area (Å²) >= 11 is 1.23. The molecule has 0 atom stereocenters. The Hall–Kier alpha value is -1.90. The molecule has 104 valence electrons. The third kappa shape index (κ3) is 3.56. The number of hydrogen-bond donors (Lipinski definition) is 2. The van der Waals surface area contributed by atoms with Gasteiger partial charge in [-0.05, 0) is 36.4 Å². The molecule has 3 N–H and O–H groups in total. The molecule has 0 saturated heterocycles. The van der Waals surface area contributed by atoms with Gasteiger partial charge in [-0.25, -0.2) is 23.3 Å². The van der Waals surface area contributed by atoms with E-state index in [1.165, 1.54) is 42.2 Å². The van der Waals surface area contributed by atoms with Crippen molar-refractivity contribution < 1.29 is 18.3 Å². The summed E-state index contributed by atoms with van der Waals surface area (Å²) in [5.74, 6) is -1.03. The van der Waals surface area contributed by atoms with E-state index in [9.17, 15) is 13.2 Å². The van der Waals surface area contributed by atoms with Crippen LogP contribution < -0.4 is 5.14 Å². The van der Waals surface area contributed by atoms with E-state index in [-0.39, 0.29) is 10.5 Å². The predicted molar refractivity (Wildman–Crippen MR) is 73.1 cm³/mol. The third-order valence-electron chi connectivity index (χ3n) is 2.36. The topological polar surface area (TPSA) is 110 Å². The second-order valence-electron chi connectivity index (χ2n) is 3.81. The van der Waals surface area contributed by atoms with Gasteiger partial charge in [-0.1, -0.05) is 11.8 Å². The quantitative estimate of drug-likeness (QED) is 0.887. The molecule has 6 nitrogen and oxygen atoms in total. The normalized spacial score (nSPS) is 11.2. The van der Waals surface area contributed by atoms with Gasteiger partial charge >= 0.3 is 5.97 Å². The van der Waals surface area contributed by atoms with E-state index < -0.39 is 16.0 Å². The molecule has 0 aliphatic carbocycles. The van der Waals surface area contributed by atoms with Crippen LogP contribution in [0, 0.1) is 0 Å². The van der Waals surface area contributed by atoms with Crippen LogP contribution in [0.1, 0.15) is 10.4 Å². The fourth-order valence-corrected chi connectivity index (χ4v) is 2.74. The maximum Gasteiger partial charge on any atom is 0.335 e. The lowest BCUT2D eigenvalue weighted by Gasteiger charge is -2.03. The molecule has 0 fully saturated rings. The third-order valence-corrected chi connectivity index (χ3v) is 4.23. The molecule has 20 heavy (non-hydrogen) atoms. The Morgan fingerprint density at radius 3 is 2.40 bits per heavy atom. The number of nitrogens with two attached hydrogens (primary N) is 1. The zero-order chi connectivity index (χ0) is 14.8. The van der Waals surface area contributed by atoms with Crippen LogP contribution in [0.25, 0.3) is 0 Å². The van der Waals surface area contributed by atoms with Gasteiger partial charge in [0.2, 0.25) is 10.0 Å². The van der Waals surface area contributed by atoms with Crippen molar-refractivity contribution in [2.24, 2.45) is 5.14 Å². The number of sulfonamides is 1. The monoisotopic (exact) mass is 310 g/mol. The van der Waals surface area contributed by atoms with Gasteiger partial charge in [0.05, 0.1) is 10.5 Å². The highest BCUT2D eigenvalue weighted by Gasteiger charge is 2.08. The molecule has 0 radical (unpaired) electrons.